The molecule has 0 radical (unpaired) electrons. The van der Waals surface area contributed by atoms with Crippen LogP contribution in [0.5, 0.6) is 5.75 Å². The number of benzene rings is 2. The zero-order chi connectivity index (χ0) is 18.9. The molecule has 1 fully saturated rings. The van der Waals surface area contributed by atoms with Gasteiger partial charge < -0.3 is 14.8 Å². The number of hydrogen-bond acceptors (Lipinski definition) is 4. The molecule has 0 aliphatic heterocycles. The van der Waals surface area contributed by atoms with Gasteiger partial charge in [-0.05, 0) is 36.6 Å². The average molecular weight is 361 g/mol. The first-order valence-electron chi connectivity index (χ1n) is 7.94. The van der Waals surface area contributed by atoms with Crippen molar-refractivity contribution in [2.75, 3.05) is 19.5 Å². The highest BCUT2D eigenvalue weighted by Gasteiger charge is 2.51. The van der Waals surface area contributed by atoms with Crippen LogP contribution in [-0.2, 0) is 14.9 Å². The minimum Gasteiger partial charge on any atom is -0.496 e. The van der Waals surface area contributed by atoms with Crippen molar-refractivity contribution in [3.05, 3.63) is 59.2 Å². The van der Waals surface area contributed by atoms with E-state index in [0.29, 0.717) is 18.4 Å². The Hall–Kier alpha value is -2.96. The highest BCUT2D eigenvalue weighted by molar-refractivity contribution is 6.02. The molecule has 5 nitrogen and oxygen atoms in total. The monoisotopic (exact) mass is 361 g/mol. The minimum absolute atomic E-state index is 0.0733. The number of hydrogen-bond donors (Lipinski definition) is 1. The number of nitrogens with one attached hydrogen (secondary N) is 1. The van der Waals surface area contributed by atoms with E-state index in [2.05, 4.69) is 10.1 Å². The molecule has 0 heterocycles. The zero-order valence-electron chi connectivity index (χ0n) is 14.3. The number of esters is 1. The predicted octanol–water partition coefficient (Wildman–Crippen LogP) is 3.43. The van der Waals surface area contributed by atoms with Crippen LogP contribution in [0.2, 0.25) is 0 Å². The van der Waals surface area contributed by atoms with E-state index in [0.717, 1.165) is 6.07 Å². The number of ether oxygens (including phenoxy) is 2. The predicted molar refractivity (Wildman–Crippen MR) is 90.2 cm³/mol. The van der Waals surface area contributed by atoms with Crippen LogP contribution in [0.25, 0.3) is 0 Å². The summed E-state index contributed by atoms with van der Waals surface area (Å²) in [6.07, 6.45) is 1.09. The Kier molecular flexibility index (Phi) is 4.63. The first-order chi connectivity index (χ1) is 12.4. The molecule has 0 bridgehead atoms. The Morgan fingerprint density at radius 3 is 2.42 bits per heavy atom. The quantitative estimate of drug-likeness (QED) is 0.829. The van der Waals surface area contributed by atoms with E-state index < -0.39 is 28.9 Å². The smallest absolute Gasteiger partial charge is 0.341 e. The van der Waals surface area contributed by atoms with Crippen LogP contribution in [-0.4, -0.2) is 26.1 Å². The van der Waals surface area contributed by atoms with Crippen molar-refractivity contribution in [3.63, 3.8) is 0 Å². The van der Waals surface area contributed by atoms with Crippen LogP contribution < -0.4 is 10.1 Å². The number of amides is 1. The number of halogens is 2. The third kappa shape index (κ3) is 3.12. The topological polar surface area (TPSA) is 64.6 Å². The summed E-state index contributed by atoms with van der Waals surface area (Å²) < 4.78 is 37.5. The van der Waals surface area contributed by atoms with Crippen LogP contribution in [0, 0.1) is 11.6 Å². The number of anilines is 1. The Morgan fingerprint density at radius 2 is 1.85 bits per heavy atom. The fourth-order valence-corrected chi connectivity index (χ4v) is 2.89. The maximum atomic E-state index is 14.4. The van der Waals surface area contributed by atoms with E-state index in [1.807, 2.05) is 0 Å². The second-order valence-corrected chi connectivity index (χ2v) is 6.07. The molecule has 1 saturated carbocycles. The van der Waals surface area contributed by atoms with Gasteiger partial charge in [0.1, 0.15) is 22.9 Å². The lowest BCUT2D eigenvalue weighted by Crippen LogP contribution is -2.28. The Morgan fingerprint density at radius 1 is 1.12 bits per heavy atom. The molecule has 1 amide bonds. The molecule has 0 saturated heterocycles. The molecule has 26 heavy (non-hydrogen) atoms. The first kappa shape index (κ1) is 17.8. The Bertz CT molecular complexity index is 878. The number of carbonyl (C=O) groups excluding carboxylic acids is 2. The lowest BCUT2D eigenvalue weighted by Gasteiger charge is -2.17. The van der Waals surface area contributed by atoms with Gasteiger partial charge in [0, 0.05) is 6.07 Å². The van der Waals surface area contributed by atoms with Crippen LogP contribution in [0.4, 0.5) is 14.5 Å². The average Bonchev–Trinajstić information content (AvgIpc) is 3.44. The summed E-state index contributed by atoms with van der Waals surface area (Å²) in [5, 5.41) is 2.52. The third-order valence-corrected chi connectivity index (χ3v) is 4.50. The van der Waals surface area contributed by atoms with Gasteiger partial charge in [0.2, 0.25) is 5.91 Å². The van der Waals surface area contributed by atoms with Crippen molar-refractivity contribution in [3.8, 4) is 5.75 Å². The standard InChI is InChI=1S/C19H17F2NO4/c1-25-16-10-15(14(21)9-13(16)17(23)26-2)22-18(24)19(6-7-19)11-4-3-5-12(20)8-11/h3-5,8-10H,6-7H2,1-2H3,(H,22,24). The lowest BCUT2D eigenvalue weighted by atomic mass is 9.94. The van der Waals surface area contributed by atoms with E-state index in [1.165, 1.54) is 38.5 Å². The molecule has 2 aromatic rings. The lowest BCUT2D eigenvalue weighted by molar-refractivity contribution is -0.118. The van der Waals surface area contributed by atoms with E-state index in [1.54, 1.807) is 6.07 Å². The highest BCUT2D eigenvalue weighted by atomic mass is 19.1. The van der Waals surface area contributed by atoms with E-state index in [4.69, 9.17) is 4.74 Å². The van der Waals surface area contributed by atoms with Gasteiger partial charge in [-0.25, -0.2) is 13.6 Å². The molecule has 0 atom stereocenters. The second kappa shape index (κ2) is 6.74. The van der Waals surface area contributed by atoms with Crippen LogP contribution >= 0.6 is 0 Å². The van der Waals surface area contributed by atoms with Crippen molar-refractivity contribution in [2.45, 2.75) is 18.3 Å². The van der Waals surface area contributed by atoms with Crippen LogP contribution in [0.15, 0.2) is 36.4 Å². The van der Waals surface area contributed by atoms with Crippen molar-refractivity contribution in [1.29, 1.82) is 0 Å². The van der Waals surface area contributed by atoms with Gasteiger partial charge in [-0.3, -0.25) is 4.79 Å². The molecular weight excluding hydrogens is 344 g/mol. The summed E-state index contributed by atoms with van der Waals surface area (Å²) >= 11 is 0. The number of carbonyl (C=O) groups is 2. The van der Waals surface area contributed by atoms with E-state index in [-0.39, 0.29) is 17.0 Å². The van der Waals surface area contributed by atoms with Gasteiger partial charge in [-0.2, -0.15) is 0 Å². The second-order valence-electron chi connectivity index (χ2n) is 6.07. The SMILES string of the molecule is COC(=O)c1cc(F)c(NC(=O)C2(c3cccc(F)c3)CC2)cc1OC. The maximum Gasteiger partial charge on any atom is 0.341 e. The number of rotatable bonds is 5. The molecule has 1 aliphatic rings. The first-order valence-corrected chi connectivity index (χ1v) is 7.94. The van der Waals surface area contributed by atoms with Crippen molar-refractivity contribution < 1.29 is 27.8 Å². The highest BCUT2D eigenvalue weighted by Crippen LogP contribution is 2.49. The molecule has 1 N–H and O–H groups in total. The molecular formula is C19H17F2NO4. The molecule has 0 aromatic heterocycles. The Labute approximate surface area is 148 Å². The molecule has 0 unspecified atom stereocenters. The summed E-state index contributed by atoms with van der Waals surface area (Å²) in [7, 11) is 2.49. The summed E-state index contributed by atoms with van der Waals surface area (Å²) in [6.45, 7) is 0. The van der Waals surface area contributed by atoms with Crippen LogP contribution in [0.3, 0.4) is 0 Å². The normalized spacial score (nSPS) is 14.5. The van der Waals surface area contributed by atoms with Gasteiger partial charge in [-0.1, -0.05) is 12.1 Å². The fourth-order valence-electron chi connectivity index (χ4n) is 2.89. The van der Waals surface area contributed by atoms with Gasteiger partial charge in [-0.15, -0.1) is 0 Å². The zero-order valence-corrected chi connectivity index (χ0v) is 14.3. The summed E-state index contributed by atoms with van der Waals surface area (Å²) in [6, 6.07) is 7.99. The molecule has 7 heteroatoms. The molecule has 2 aromatic carbocycles. The van der Waals surface area contributed by atoms with E-state index >= 15 is 0 Å². The maximum absolute atomic E-state index is 14.4. The minimum atomic E-state index is -0.872. The fraction of sp³-hybridized carbons (Fsp3) is 0.263. The van der Waals surface area contributed by atoms with Crippen LogP contribution in [0.1, 0.15) is 28.8 Å². The van der Waals surface area contributed by atoms with Crippen molar-refractivity contribution in [1.82, 2.24) is 0 Å². The van der Waals surface area contributed by atoms with Gasteiger partial charge in [0.15, 0.2) is 0 Å². The number of methoxy groups -OCH3 is 2. The molecule has 0 spiro atoms. The Balaban J connectivity index is 1.89. The van der Waals surface area contributed by atoms with Gasteiger partial charge >= 0.3 is 5.97 Å². The molecule has 1 aliphatic carbocycles. The third-order valence-electron chi connectivity index (χ3n) is 4.50. The van der Waals surface area contributed by atoms with Crippen molar-refractivity contribution in [2.24, 2.45) is 0 Å². The van der Waals surface area contributed by atoms with E-state index in [9.17, 15) is 18.4 Å². The summed E-state index contributed by atoms with van der Waals surface area (Å²) in [5.74, 6) is -2.34. The van der Waals surface area contributed by atoms with Gasteiger partial charge in [0.25, 0.3) is 0 Å². The largest absolute Gasteiger partial charge is 0.496 e. The van der Waals surface area contributed by atoms with Crippen molar-refractivity contribution >= 4 is 17.6 Å². The summed E-state index contributed by atoms with van der Waals surface area (Å²) in [5.41, 5.74) is -0.532. The summed E-state index contributed by atoms with van der Waals surface area (Å²) in [4.78, 5) is 24.4. The molecule has 136 valence electrons. The molecule has 3 rings (SSSR count). The van der Waals surface area contributed by atoms with Gasteiger partial charge in [0.05, 0.1) is 25.3 Å².